The third-order valence-corrected chi connectivity index (χ3v) is 3.45. The number of benzene rings is 2. The van der Waals surface area contributed by atoms with Crippen LogP contribution in [0.15, 0.2) is 60.7 Å². The van der Waals surface area contributed by atoms with Crippen LogP contribution in [0.2, 0.25) is 0 Å². The first-order chi connectivity index (χ1) is 12.0. The van der Waals surface area contributed by atoms with Gasteiger partial charge in [0.05, 0.1) is 12.8 Å². The molecule has 25 heavy (non-hydrogen) atoms. The number of nitrogens with one attached hydrogen (secondary N) is 1. The van der Waals surface area contributed by atoms with E-state index in [1.165, 1.54) is 0 Å². The number of carbonyl (C=O) groups excluding carboxylic acids is 2. The molecule has 1 atom stereocenters. The van der Waals surface area contributed by atoms with Gasteiger partial charge in [-0.3, -0.25) is 9.59 Å². The van der Waals surface area contributed by atoms with Crippen molar-refractivity contribution >= 4 is 17.8 Å². The highest BCUT2D eigenvalue weighted by Crippen LogP contribution is 2.05. The van der Waals surface area contributed by atoms with Gasteiger partial charge in [-0.05, 0) is 11.1 Å². The molecule has 0 aliphatic carbocycles. The standard InChI is InChI=1S/C19H19NO5/c21-17(11-14-7-3-1-4-8-14)20-16(19(23)24)12-18(22)25-13-15-9-5-2-6-10-15/h1-10,16H,11-13H2,(H,20,21)(H,23,24). The van der Waals surface area contributed by atoms with Crippen LogP contribution in [0, 0.1) is 0 Å². The van der Waals surface area contributed by atoms with Gasteiger partial charge >= 0.3 is 11.9 Å². The second-order valence-corrected chi connectivity index (χ2v) is 5.47. The van der Waals surface area contributed by atoms with Gasteiger partial charge in [0.25, 0.3) is 0 Å². The molecule has 0 spiro atoms. The van der Waals surface area contributed by atoms with E-state index in [1.54, 1.807) is 36.4 Å². The Kier molecular flexibility index (Phi) is 6.71. The maximum atomic E-state index is 12.0. The summed E-state index contributed by atoms with van der Waals surface area (Å²) in [6, 6.07) is 16.7. The molecule has 1 unspecified atom stereocenters. The first kappa shape index (κ1) is 18.2. The Bertz CT molecular complexity index is 715. The van der Waals surface area contributed by atoms with Crippen molar-refractivity contribution in [2.75, 3.05) is 0 Å². The molecular weight excluding hydrogens is 322 g/mol. The number of rotatable bonds is 8. The lowest BCUT2D eigenvalue weighted by molar-refractivity contribution is -0.151. The van der Waals surface area contributed by atoms with Crippen LogP contribution < -0.4 is 5.32 Å². The fourth-order valence-corrected chi connectivity index (χ4v) is 2.19. The molecule has 2 aromatic rings. The zero-order valence-corrected chi connectivity index (χ0v) is 13.6. The Morgan fingerprint density at radius 2 is 1.48 bits per heavy atom. The van der Waals surface area contributed by atoms with Crippen molar-refractivity contribution in [1.82, 2.24) is 5.32 Å². The lowest BCUT2D eigenvalue weighted by Crippen LogP contribution is -2.43. The molecule has 0 heterocycles. The summed E-state index contributed by atoms with van der Waals surface area (Å²) in [7, 11) is 0. The van der Waals surface area contributed by atoms with Gasteiger partial charge in [-0.2, -0.15) is 0 Å². The first-order valence-electron chi connectivity index (χ1n) is 7.80. The number of carboxylic acids is 1. The normalized spacial score (nSPS) is 11.4. The summed E-state index contributed by atoms with van der Waals surface area (Å²) < 4.78 is 5.06. The van der Waals surface area contributed by atoms with Crippen LogP contribution in [0.4, 0.5) is 0 Å². The van der Waals surface area contributed by atoms with E-state index < -0.39 is 30.3 Å². The van der Waals surface area contributed by atoms with Crippen molar-refractivity contribution in [3.63, 3.8) is 0 Å². The van der Waals surface area contributed by atoms with Crippen LogP contribution in [0.3, 0.4) is 0 Å². The Balaban J connectivity index is 1.84. The minimum atomic E-state index is -1.32. The number of amides is 1. The fraction of sp³-hybridized carbons (Fsp3) is 0.211. The van der Waals surface area contributed by atoms with E-state index in [1.807, 2.05) is 24.3 Å². The number of hydrogen-bond acceptors (Lipinski definition) is 4. The molecule has 2 N–H and O–H groups in total. The Morgan fingerprint density at radius 1 is 0.920 bits per heavy atom. The van der Waals surface area contributed by atoms with Gasteiger partial charge in [0.2, 0.25) is 5.91 Å². The van der Waals surface area contributed by atoms with Gasteiger partial charge in [-0.15, -0.1) is 0 Å². The Hall–Kier alpha value is -3.15. The van der Waals surface area contributed by atoms with Crippen LogP contribution in [-0.4, -0.2) is 29.0 Å². The molecule has 0 aliphatic heterocycles. The zero-order chi connectivity index (χ0) is 18.1. The van der Waals surface area contributed by atoms with Crippen molar-refractivity contribution in [2.45, 2.75) is 25.5 Å². The van der Waals surface area contributed by atoms with Gasteiger partial charge in [0, 0.05) is 0 Å². The van der Waals surface area contributed by atoms with Gasteiger partial charge < -0.3 is 15.2 Å². The highest BCUT2D eigenvalue weighted by molar-refractivity contribution is 5.88. The molecule has 130 valence electrons. The summed E-state index contributed by atoms with van der Waals surface area (Å²) in [6.07, 6.45) is -0.383. The molecule has 0 saturated carbocycles. The first-order valence-corrected chi connectivity index (χ1v) is 7.80. The lowest BCUT2D eigenvalue weighted by atomic mass is 10.1. The lowest BCUT2D eigenvalue weighted by Gasteiger charge is -2.14. The third-order valence-electron chi connectivity index (χ3n) is 3.45. The summed E-state index contributed by atoms with van der Waals surface area (Å²) >= 11 is 0. The molecule has 0 aromatic heterocycles. The second kappa shape index (κ2) is 9.22. The molecule has 6 nitrogen and oxygen atoms in total. The average Bonchev–Trinajstić information content (AvgIpc) is 2.61. The molecular formula is C19H19NO5. The van der Waals surface area contributed by atoms with Crippen molar-refractivity contribution in [3.05, 3.63) is 71.8 Å². The predicted octanol–water partition coefficient (Wildman–Crippen LogP) is 1.93. The zero-order valence-electron chi connectivity index (χ0n) is 13.6. The van der Waals surface area contributed by atoms with Crippen molar-refractivity contribution in [3.8, 4) is 0 Å². The third kappa shape index (κ3) is 6.47. The topological polar surface area (TPSA) is 92.7 Å². The van der Waals surface area contributed by atoms with Gasteiger partial charge in [-0.25, -0.2) is 4.79 Å². The quantitative estimate of drug-likeness (QED) is 0.716. The number of ether oxygens (including phenoxy) is 1. The van der Waals surface area contributed by atoms with Gasteiger partial charge in [-0.1, -0.05) is 60.7 Å². The number of esters is 1. The molecule has 6 heteroatoms. The maximum Gasteiger partial charge on any atom is 0.326 e. The summed E-state index contributed by atoms with van der Waals surface area (Å²) in [5.41, 5.74) is 1.56. The van der Waals surface area contributed by atoms with Crippen LogP contribution in [-0.2, 0) is 32.1 Å². The van der Waals surface area contributed by atoms with E-state index in [4.69, 9.17) is 4.74 Å². The highest BCUT2D eigenvalue weighted by Gasteiger charge is 2.24. The summed E-state index contributed by atoms with van der Waals surface area (Å²) in [5, 5.41) is 11.6. The van der Waals surface area contributed by atoms with Crippen LogP contribution >= 0.6 is 0 Å². The van der Waals surface area contributed by atoms with E-state index in [0.717, 1.165) is 11.1 Å². The number of hydrogen-bond donors (Lipinski definition) is 2. The van der Waals surface area contributed by atoms with Gasteiger partial charge in [0.15, 0.2) is 0 Å². The summed E-state index contributed by atoms with van der Waals surface area (Å²) in [5.74, 6) is -2.43. The molecule has 2 rings (SSSR count). The van der Waals surface area contributed by atoms with E-state index in [2.05, 4.69) is 5.32 Å². The molecule has 0 bridgehead atoms. The maximum absolute atomic E-state index is 12.0. The van der Waals surface area contributed by atoms with E-state index in [-0.39, 0.29) is 13.0 Å². The van der Waals surface area contributed by atoms with E-state index in [0.29, 0.717) is 0 Å². The predicted molar refractivity (Wildman–Crippen MR) is 90.6 cm³/mol. The van der Waals surface area contributed by atoms with Crippen molar-refractivity contribution in [2.24, 2.45) is 0 Å². The molecule has 2 aromatic carbocycles. The Labute approximate surface area is 145 Å². The molecule has 0 aliphatic rings. The summed E-state index contributed by atoms with van der Waals surface area (Å²) in [4.78, 5) is 35.1. The average molecular weight is 341 g/mol. The molecule has 1 amide bonds. The van der Waals surface area contributed by atoms with Crippen LogP contribution in [0.25, 0.3) is 0 Å². The number of carboxylic acid groups (broad SMARTS) is 1. The fourth-order valence-electron chi connectivity index (χ4n) is 2.19. The SMILES string of the molecule is O=C(Cc1ccccc1)NC(CC(=O)OCc1ccccc1)C(=O)O. The second-order valence-electron chi connectivity index (χ2n) is 5.47. The summed E-state index contributed by atoms with van der Waals surface area (Å²) in [6.45, 7) is 0.0595. The molecule has 0 radical (unpaired) electrons. The highest BCUT2D eigenvalue weighted by atomic mass is 16.5. The van der Waals surface area contributed by atoms with Gasteiger partial charge in [0.1, 0.15) is 12.6 Å². The largest absolute Gasteiger partial charge is 0.480 e. The van der Waals surface area contributed by atoms with E-state index >= 15 is 0 Å². The van der Waals surface area contributed by atoms with Crippen molar-refractivity contribution < 1.29 is 24.2 Å². The molecule has 0 saturated heterocycles. The molecule has 0 fully saturated rings. The number of aliphatic carboxylic acids is 1. The van der Waals surface area contributed by atoms with E-state index in [9.17, 15) is 19.5 Å². The number of carbonyl (C=O) groups is 3. The smallest absolute Gasteiger partial charge is 0.326 e. The monoisotopic (exact) mass is 341 g/mol. The minimum absolute atomic E-state index is 0.0453. The Morgan fingerprint density at radius 3 is 2.04 bits per heavy atom. The minimum Gasteiger partial charge on any atom is -0.480 e. The van der Waals surface area contributed by atoms with Crippen LogP contribution in [0.1, 0.15) is 17.5 Å². The van der Waals surface area contributed by atoms with Crippen molar-refractivity contribution in [1.29, 1.82) is 0 Å². The van der Waals surface area contributed by atoms with Crippen LogP contribution in [0.5, 0.6) is 0 Å².